The maximum Gasteiger partial charge on any atom is 0.229 e. The Morgan fingerprint density at radius 2 is 1.83 bits per heavy atom. The van der Waals surface area contributed by atoms with Gasteiger partial charge in [-0.15, -0.1) is 0 Å². The molecule has 7 nitrogen and oxygen atoms in total. The second kappa shape index (κ2) is 9.43. The molecule has 0 aliphatic carbocycles. The number of carbonyl (C=O) groups is 3. The molecule has 0 radical (unpaired) electrons. The molecule has 7 heteroatoms. The Hall–Kier alpha value is -3.35. The highest BCUT2D eigenvalue weighted by atomic mass is 16.5. The van der Waals surface area contributed by atoms with Crippen molar-refractivity contribution >= 4 is 34.8 Å². The van der Waals surface area contributed by atoms with Gasteiger partial charge in [-0.05, 0) is 55.8 Å². The average Bonchev–Trinajstić information content (AvgIpc) is 3.13. The minimum Gasteiger partial charge on any atom is -0.494 e. The van der Waals surface area contributed by atoms with Gasteiger partial charge in [0.25, 0.3) is 0 Å². The van der Waals surface area contributed by atoms with Gasteiger partial charge >= 0.3 is 0 Å². The number of carbonyl (C=O) groups excluding carboxylic acids is 3. The number of rotatable bonds is 7. The Labute approximate surface area is 176 Å². The summed E-state index contributed by atoms with van der Waals surface area (Å²) in [4.78, 5) is 38.6. The van der Waals surface area contributed by atoms with Crippen LogP contribution in [0.5, 0.6) is 5.75 Å². The Morgan fingerprint density at radius 1 is 1.10 bits per heavy atom. The Kier molecular flexibility index (Phi) is 6.72. The number of nitrogens with zero attached hydrogens (tertiary/aromatic N) is 1. The summed E-state index contributed by atoms with van der Waals surface area (Å²) in [6.45, 7) is 6.47. The molecule has 3 amide bonds. The topological polar surface area (TPSA) is 87.7 Å². The van der Waals surface area contributed by atoms with Crippen molar-refractivity contribution in [2.75, 3.05) is 28.7 Å². The van der Waals surface area contributed by atoms with Gasteiger partial charge in [0.05, 0.1) is 12.5 Å². The third-order valence-corrected chi connectivity index (χ3v) is 5.06. The smallest absolute Gasteiger partial charge is 0.229 e. The number of ether oxygens (including phenoxy) is 1. The van der Waals surface area contributed by atoms with Gasteiger partial charge in [-0.3, -0.25) is 14.4 Å². The van der Waals surface area contributed by atoms with Gasteiger partial charge < -0.3 is 20.3 Å². The Morgan fingerprint density at radius 3 is 2.50 bits per heavy atom. The first-order chi connectivity index (χ1) is 14.4. The lowest BCUT2D eigenvalue weighted by Crippen LogP contribution is -2.28. The van der Waals surface area contributed by atoms with Gasteiger partial charge in [0.2, 0.25) is 17.7 Å². The number of nitrogens with one attached hydrogen (secondary N) is 2. The summed E-state index contributed by atoms with van der Waals surface area (Å²) in [5.41, 5.74) is 2.88. The van der Waals surface area contributed by atoms with Gasteiger partial charge in [-0.1, -0.05) is 13.0 Å². The minimum atomic E-state index is -0.447. The van der Waals surface area contributed by atoms with Crippen LogP contribution in [-0.2, 0) is 14.4 Å². The van der Waals surface area contributed by atoms with Crippen molar-refractivity contribution in [3.05, 3.63) is 48.0 Å². The summed E-state index contributed by atoms with van der Waals surface area (Å²) in [7, 11) is 0. The highest BCUT2D eigenvalue weighted by Crippen LogP contribution is 2.28. The van der Waals surface area contributed by atoms with Crippen molar-refractivity contribution < 1.29 is 19.1 Å². The minimum absolute atomic E-state index is 0.0833. The van der Waals surface area contributed by atoms with Crippen molar-refractivity contribution in [2.24, 2.45) is 5.92 Å². The first kappa shape index (κ1) is 21.4. The molecule has 1 fully saturated rings. The maximum atomic E-state index is 12.8. The van der Waals surface area contributed by atoms with E-state index in [1.807, 2.05) is 44.2 Å². The fraction of sp³-hybridized carbons (Fsp3) is 0.348. The molecule has 1 heterocycles. The molecule has 2 N–H and O–H groups in total. The van der Waals surface area contributed by atoms with Crippen molar-refractivity contribution in [1.82, 2.24) is 0 Å². The van der Waals surface area contributed by atoms with E-state index < -0.39 is 5.92 Å². The molecule has 1 saturated heterocycles. The molecular formula is C23H27N3O4. The molecule has 1 aliphatic heterocycles. The third kappa shape index (κ3) is 4.97. The van der Waals surface area contributed by atoms with Crippen molar-refractivity contribution in [3.63, 3.8) is 0 Å². The molecule has 1 aliphatic rings. The van der Waals surface area contributed by atoms with E-state index in [4.69, 9.17) is 4.74 Å². The van der Waals surface area contributed by atoms with Crippen LogP contribution in [0.15, 0.2) is 42.5 Å². The lowest BCUT2D eigenvalue weighted by molar-refractivity contribution is -0.122. The normalized spacial score (nSPS) is 15.8. The molecule has 1 atom stereocenters. The monoisotopic (exact) mass is 409 g/mol. The van der Waals surface area contributed by atoms with Crippen molar-refractivity contribution in [1.29, 1.82) is 0 Å². The quantitative estimate of drug-likeness (QED) is 0.729. The largest absolute Gasteiger partial charge is 0.494 e. The molecule has 1 unspecified atom stereocenters. The standard InChI is InChI=1S/C23H27N3O4/c1-4-21(27)24-17-7-6-15(3)20(13-17)25-23(29)16-12-22(28)26(14-16)18-8-10-19(11-9-18)30-5-2/h6-11,13,16H,4-5,12,14H2,1-3H3,(H,24,27)(H,25,29). The summed E-state index contributed by atoms with van der Waals surface area (Å²) in [5.74, 6) is -0.0903. The molecule has 0 aromatic heterocycles. The molecular weight excluding hydrogens is 382 g/mol. The van der Waals surface area contributed by atoms with Gasteiger partial charge in [-0.25, -0.2) is 0 Å². The van der Waals surface area contributed by atoms with Crippen LogP contribution in [-0.4, -0.2) is 30.9 Å². The molecule has 2 aromatic rings. The molecule has 30 heavy (non-hydrogen) atoms. The number of hydrogen-bond donors (Lipinski definition) is 2. The van der Waals surface area contributed by atoms with Crippen LogP contribution in [0.3, 0.4) is 0 Å². The van der Waals surface area contributed by atoms with Crippen LogP contribution in [0.2, 0.25) is 0 Å². The van der Waals surface area contributed by atoms with E-state index >= 15 is 0 Å². The lowest BCUT2D eigenvalue weighted by atomic mass is 10.1. The van der Waals surface area contributed by atoms with E-state index in [2.05, 4.69) is 10.6 Å². The summed E-state index contributed by atoms with van der Waals surface area (Å²) in [6, 6.07) is 12.7. The van der Waals surface area contributed by atoms with E-state index in [-0.39, 0.29) is 24.1 Å². The van der Waals surface area contributed by atoms with E-state index in [1.165, 1.54) is 0 Å². The molecule has 0 saturated carbocycles. The van der Waals surface area contributed by atoms with Crippen LogP contribution in [0.25, 0.3) is 0 Å². The third-order valence-electron chi connectivity index (χ3n) is 5.06. The fourth-order valence-corrected chi connectivity index (χ4v) is 3.34. The molecule has 0 bridgehead atoms. The molecule has 0 spiro atoms. The van der Waals surface area contributed by atoms with Crippen LogP contribution < -0.4 is 20.3 Å². The van der Waals surface area contributed by atoms with E-state index in [9.17, 15) is 14.4 Å². The number of anilines is 3. The highest BCUT2D eigenvalue weighted by molar-refractivity contribution is 6.04. The molecule has 2 aromatic carbocycles. The first-order valence-electron chi connectivity index (χ1n) is 10.2. The Bertz CT molecular complexity index is 940. The van der Waals surface area contributed by atoms with Crippen molar-refractivity contribution in [3.8, 4) is 5.75 Å². The summed E-state index contributed by atoms with van der Waals surface area (Å²) < 4.78 is 5.43. The predicted octanol–water partition coefficient (Wildman–Crippen LogP) is 3.73. The number of aryl methyl sites for hydroxylation is 1. The van der Waals surface area contributed by atoms with E-state index in [1.54, 1.807) is 24.0 Å². The average molecular weight is 409 g/mol. The molecule has 3 rings (SSSR count). The summed E-state index contributed by atoms with van der Waals surface area (Å²) in [5, 5.41) is 5.70. The van der Waals surface area contributed by atoms with Gasteiger partial charge in [0.1, 0.15) is 5.75 Å². The second-order valence-electron chi connectivity index (χ2n) is 7.25. The number of amides is 3. The maximum absolute atomic E-state index is 12.8. The van der Waals surface area contributed by atoms with Crippen LogP contribution >= 0.6 is 0 Å². The predicted molar refractivity (Wildman–Crippen MR) is 117 cm³/mol. The summed E-state index contributed by atoms with van der Waals surface area (Å²) in [6.07, 6.45) is 0.533. The highest BCUT2D eigenvalue weighted by Gasteiger charge is 2.35. The van der Waals surface area contributed by atoms with Crippen molar-refractivity contribution in [2.45, 2.75) is 33.6 Å². The lowest BCUT2D eigenvalue weighted by Gasteiger charge is -2.18. The van der Waals surface area contributed by atoms with Crippen LogP contribution in [0.4, 0.5) is 17.1 Å². The van der Waals surface area contributed by atoms with Gasteiger partial charge in [0, 0.05) is 36.4 Å². The zero-order valence-electron chi connectivity index (χ0n) is 17.5. The van der Waals surface area contributed by atoms with Crippen LogP contribution in [0.1, 0.15) is 32.3 Å². The van der Waals surface area contributed by atoms with Gasteiger partial charge in [-0.2, -0.15) is 0 Å². The number of benzene rings is 2. The van der Waals surface area contributed by atoms with E-state index in [0.29, 0.717) is 30.9 Å². The fourth-order valence-electron chi connectivity index (χ4n) is 3.34. The first-order valence-corrected chi connectivity index (χ1v) is 10.2. The van der Waals surface area contributed by atoms with Gasteiger partial charge in [0.15, 0.2) is 0 Å². The molecule has 158 valence electrons. The summed E-state index contributed by atoms with van der Waals surface area (Å²) >= 11 is 0. The van der Waals surface area contributed by atoms with Crippen LogP contribution in [0, 0.1) is 12.8 Å². The Balaban J connectivity index is 1.67. The zero-order valence-corrected chi connectivity index (χ0v) is 17.5. The zero-order chi connectivity index (χ0) is 21.7. The van der Waals surface area contributed by atoms with E-state index in [0.717, 1.165) is 17.0 Å². The number of hydrogen-bond acceptors (Lipinski definition) is 4. The second-order valence-corrected chi connectivity index (χ2v) is 7.25. The SMILES string of the molecule is CCOc1ccc(N2CC(C(=O)Nc3cc(NC(=O)CC)ccc3C)CC2=O)cc1.